The normalized spacial score (nSPS) is 10.5. The monoisotopic (exact) mass is 296 g/mol. The van der Waals surface area contributed by atoms with Crippen molar-refractivity contribution in [3.63, 3.8) is 0 Å². The van der Waals surface area contributed by atoms with Crippen LogP contribution in [0.15, 0.2) is 29.5 Å². The summed E-state index contributed by atoms with van der Waals surface area (Å²) in [6, 6.07) is 1.40. The number of aromatic nitrogens is 4. The van der Waals surface area contributed by atoms with Gasteiger partial charge in [0, 0.05) is 12.3 Å². The van der Waals surface area contributed by atoms with Gasteiger partial charge in [0.25, 0.3) is 0 Å². The molecule has 7 nitrogen and oxygen atoms in total. The Morgan fingerprint density at radius 2 is 2.30 bits per heavy atom. The fourth-order valence-corrected chi connectivity index (χ4v) is 1.77. The molecule has 0 aliphatic rings. The Morgan fingerprint density at radius 3 is 3.00 bits per heavy atom. The number of hydrogen-bond donors (Lipinski definition) is 0. The van der Waals surface area contributed by atoms with Crippen molar-refractivity contribution < 1.29 is 9.53 Å². The molecule has 0 N–H and O–H groups in total. The van der Waals surface area contributed by atoms with Crippen molar-refractivity contribution in [1.29, 1.82) is 0 Å². The lowest BCUT2D eigenvalue weighted by molar-refractivity contribution is -0.140. The van der Waals surface area contributed by atoms with E-state index < -0.39 is 0 Å². The highest BCUT2D eigenvalue weighted by Crippen LogP contribution is 2.05. The van der Waals surface area contributed by atoms with Gasteiger partial charge in [-0.2, -0.15) is 10.2 Å². The molecule has 0 atom stereocenters. The van der Waals surface area contributed by atoms with E-state index in [1.807, 2.05) is 0 Å². The Bertz CT molecular complexity index is 665. The summed E-state index contributed by atoms with van der Waals surface area (Å²) in [6.07, 6.45) is 5.09. The summed E-state index contributed by atoms with van der Waals surface area (Å²) in [7, 11) is 1.34. The van der Waals surface area contributed by atoms with E-state index in [2.05, 4.69) is 14.9 Å². The first-order chi connectivity index (χ1) is 9.63. The summed E-state index contributed by atoms with van der Waals surface area (Å²) in [6.45, 7) is 0.412. The summed E-state index contributed by atoms with van der Waals surface area (Å²) >= 11 is 5.65. The zero-order valence-electron chi connectivity index (χ0n) is 10.8. The van der Waals surface area contributed by atoms with Gasteiger partial charge in [0.05, 0.1) is 38.3 Å². The van der Waals surface area contributed by atoms with E-state index in [1.54, 1.807) is 23.3 Å². The Morgan fingerprint density at radius 1 is 1.50 bits per heavy atom. The van der Waals surface area contributed by atoms with Gasteiger partial charge in [-0.25, -0.2) is 4.68 Å². The molecule has 0 fully saturated rings. The third-order valence-corrected chi connectivity index (χ3v) is 2.92. The van der Waals surface area contributed by atoms with Crippen LogP contribution in [0.25, 0.3) is 5.69 Å². The van der Waals surface area contributed by atoms with Crippen LogP contribution in [0.1, 0.15) is 12.1 Å². The van der Waals surface area contributed by atoms with Gasteiger partial charge in [0.1, 0.15) is 11.4 Å². The lowest BCUT2D eigenvalue weighted by Crippen LogP contribution is -2.14. The first kappa shape index (κ1) is 14.3. The molecular weight excluding hydrogens is 284 g/mol. The first-order valence-corrected chi connectivity index (χ1v) is 6.42. The number of ether oxygens (including phenoxy) is 1. The van der Waals surface area contributed by atoms with Gasteiger partial charge < -0.3 is 4.74 Å². The molecular formula is C12H13ClN4O3. The number of esters is 1. The van der Waals surface area contributed by atoms with E-state index >= 15 is 0 Å². The van der Waals surface area contributed by atoms with E-state index in [0.717, 1.165) is 0 Å². The lowest BCUT2D eigenvalue weighted by Gasteiger charge is -2.03. The fraction of sp³-hybridized carbons (Fsp3) is 0.333. The number of hydrogen-bond acceptors (Lipinski definition) is 5. The second-order valence-corrected chi connectivity index (χ2v) is 4.26. The maximum absolute atomic E-state index is 11.4. The van der Waals surface area contributed by atoms with Crippen molar-refractivity contribution in [2.75, 3.05) is 7.11 Å². The van der Waals surface area contributed by atoms with Gasteiger partial charge in [-0.1, -0.05) is 0 Å². The quantitative estimate of drug-likeness (QED) is 0.600. The number of alkyl halides is 1. The average molecular weight is 297 g/mol. The first-order valence-electron chi connectivity index (χ1n) is 5.88. The van der Waals surface area contributed by atoms with Crippen LogP contribution in [0.2, 0.25) is 0 Å². The minimum atomic E-state index is -0.298. The highest BCUT2D eigenvalue weighted by Gasteiger charge is 2.06. The number of rotatable bonds is 5. The summed E-state index contributed by atoms with van der Waals surface area (Å²) in [4.78, 5) is 22.5. The van der Waals surface area contributed by atoms with Crippen molar-refractivity contribution in [3.05, 3.63) is 40.6 Å². The Labute approximate surface area is 119 Å². The molecule has 0 aliphatic heterocycles. The molecule has 8 heteroatoms. The third-order valence-electron chi connectivity index (χ3n) is 2.66. The second kappa shape index (κ2) is 6.33. The topological polar surface area (TPSA) is 79.0 Å². The standard InChI is InChI=1S/C12H13ClN4O3/c1-20-12(19)3-4-16-8-9(7-14-16)17-5-2-11(18)10(6-13)15-17/h2,5,7-8H,3-4,6H2,1H3. The van der Waals surface area contributed by atoms with Crippen LogP contribution in [0.3, 0.4) is 0 Å². The van der Waals surface area contributed by atoms with Crippen LogP contribution in [-0.2, 0) is 22.0 Å². The number of nitrogens with zero attached hydrogens (tertiary/aromatic N) is 4. The maximum Gasteiger partial charge on any atom is 0.307 e. The number of aryl methyl sites for hydroxylation is 1. The zero-order chi connectivity index (χ0) is 14.5. The molecule has 0 bridgehead atoms. The predicted octanol–water partition coefficient (Wildman–Crippen LogP) is 0.731. The van der Waals surface area contributed by atoms with Crippen LogP contribution >= 0.6 is 11.6 Å². The molecule has 0 aromatic carbocycles. The highest BCUT2D eigenvalue weighted by molar-refractivity contribution is 6.16. The van der Waals surface area contributed by atoms with Gasteiger partial charge in [-0.3, -0.25) is 14.3 Å². The SMILES string of the molecule is COC(=O)CCn1cc(-n2ccc(=O)c(CCl)n2)cn1. The minimum Gasteiger partial charge on any atom is -0.469 e. The molecule has 2 heterocycles. The number of halogens is 1. The van der Waals surface area contributed by atoms with Crippen molar-refractivity contribution in [2.24, 2.45) is 0 Å². The molecule has 2 aromatic heterocycles. The summed E-state index contributed by atoms with van der Waals surface area (Å²) in [5.41, 5.74) is 0.757. The van der Waals surface area contributed by atoms with Crippen LogP contribution in [0, 0.1) is 0 Å². The molecule has 0 saturated heterocycles. The zero-order valence-corrected chi connectivity index (χ0v) is 11.6. The summed E-state index contributed by atoms with van der Waals surface area (Å²) in [5.74, 6) is -0.246. The van der Waals surface area contributed by atoms with Crippen LogP contribution in [-0.4, -0.2) is 32.6 Å². The van der Waals surface area contributed by atoms with Crippen molar-refractivity contribution >= 4 is 17.6 Å². The molecule has 2 rings (SSSR count). The Balaban J connectivity index is 2.16. The van der Waals surface area contributed by atoms with Crippen LogP contribution in [0.4, 0.5) is 0 Å². The van der Waals surface area contributed by atoms with Gasteiger partial charge in [-0.05, 0) is 0 Å². The number of carbonyl (C=O) groups excluding carboxylic acids is 1. The second-order valence-electron chi connectivity index (χ2n) is 3.99. The molecule has 0 amide bonds. The molecule has 0 radical (unpaired) electrons. The molecule has 0 saturated carbocycles. The van der Waals surface area contributed by atoms with Crippen LogP contribution < -0.4 is 5.43 Å². The number of carbonyl (C=O) groups is 1. The largest absolute Gasteiger partial charge is 0.469 e. The summed E-state index contributed by atoms with van der Waals surface area (Å²) in [5, 5.41) is 8.23. The molecule has 106 valence electrons. The Kier molecular flexibility index (Phi) is 4.52. The lowest BCUT2D eigenvalue weighted by atomic mass is 10.4. The van der Waals surface area contributed by atoms with Gasteiger partial charge in [0.15, 0.2) is 0 Å². The van der Waals surface area contributed by atoms with Crippen molar-refractivity contribution in [2.45, 2.75) is 18.8 Å². The average Bonchev–Trinajstić information content (AvgIpc) is 2.94. The minimum absolute atomic E-state index is 0.0517. The predicted molar refractivity (Wildman–Crippen MR) is 71.8 cm³/mol. The van der Waals surface area contributed by atoms with E-state index in [9.17, 15) is 9.59 Å². The van der Waals surface area contributed by atoms with E-state index in [1.165, 1.54) is 17.9 Å². The van der Waals surface area contributed by atoms with E-state index in [0.29, 0.717) is 12.2 Å². The maximum atomic E-state index is 11.4. The Hall–Kier alpha value is -2.15. The molecule has 0 aliphatic carbocycles. The smallest absolute Gasteiger partial charge is 0.307 e. The fourth-order valence-electron chi connectivity index (χ4n) is 1.58. The molecule has 0 unspecified atom stereocenters. The van der Waals surface area contributed by atoms with Crippen molar-refractivity contribution in [1.82, 2.24) is 19.6 Å². The molecule has 0 spiro atoms. The van der Waals surface area contributed by atoms with E-state index in [-0.39, 0.29) is 29.4 Å². The van der Waals surface area contributed by atoms with Gasteiger partial charge in [0.2, 0.25) is 5.43 Å². The van der Waals surface area contributed by atoms with Crippen LogP contribution in [0.5, 0.6) is 0 Å². The number of methoxy groups -OCH3 is 1. The van der Waals surface area contributed by atoms with Gasteiger partial charge in [-0.15, -0.1) is 11.6 Å². The van der Waals surface area contributed by atoms with Crippen molar-refractivity contribution in [3.8, 4) is 5.69 Å². The van der Waals surface area contributed by atoms with Gasteiger partial charge >= 0.3 is 5.97 Å². The highest BCUT2D eigenvalue weighted by atomic mass is 35.5. The molecule has 20 heavy (non-hydrogen) atoms. The third kappa shape index (κ3) is 3.24. The van der Waals surface area contributed by atoms with E-state index in [4.69, 9.17) is 11.6 Å². The molecule has 2 aromatic rings. The summed E-state index contributed by atoms with van der Waals surface area (Å²) < 4.78 is 7.68.